The second-order valence-corrected chi connectivity index (χ2v) is 5.66. The highest BCUT2D eigenvalue weighted by molar-refractivity contribution is 5.74. The van der Waals surface area contributed by atoms with Crippen molar-refractivity contribution >= 4 is 12.0 Å². The SMILES string of the molecule is CC(C)(C)OC(=O)CNc1nnc(-c2ccc(F)c(C#N)c2)o1. The number of ether oxygens (including phenoxy) is 1. The molecule has 0 spiro atoms. The number of nitriles is 1. The van der Waals surface area contributed by atoms with Crippen molar-refractivity contribution in [2.45, 2.75) is 26.4 Å². The zero-order chi connectivity index (χ0) is 17.0. The van der Waals surface area contributed by atoms with Crippen LogP contribution < -0.4 is 5.32 Å². The van der Waals surface area contributed by atoms with Crippen LogP contribution in [0.25, 0.3) is 11.5 Å². The van der Waals surface area contributed by atoms with Crippen molar-refractivity contribution in [1.82, 2.24) is 10.2 Å². The van der Waals surface area contributed by atoms with E-state index >= 15 is 0 Å². The fourth-order valence-electron chi connectivity index (χ4n) is 1.68. The summed E-state index contributed by atoms with van der Waals surface area (Å²) < 4.78 is 23.7. The molecular weight excluding hydrogens is 303 g/mol. The molecule has 0 atom stereocenters. The monoisotopic (exact) mass is 318 g/mol. The highest BCUT2D eigenvalue weighted by Gasteiger charge is 2.17. The molecule has 0 radical (unpaired) electrons. The maximum absolute atomic E-state index is 13.3. The van der Waals surface area contributed by atoms with Gasteiger partial charge < -0.3 is 14.5 Å². The van der Waals surface area contributed by atoms with Crippen LogP contribution in [-0.2, 0) is 9.53 Å². The first-order valence-electron chi connectivity index (χ1n) is 6.78. The van der Waals surface area contributed by atoms with Crippen LogP contribution in [0.1, 0.15) is 26.3 Å². The number of aromatic nitrogens is 2. The predicted octanol–water partition coefficient (Wildman–Crippen LogP) is 2.50. The van der Waals surface area contributed by atoms with E-state index in [0.29, 0.717) is 5.56 Å². The van der Waals surface area contributed by atoms with E-state index in [1.54, 1.807) is 26.8 Å². The molecule has 1 aromatic carbocycles. The third-order valence-electron chi connectivity index (χ3n) is 2.56. The molecule has 0 aliphatic rings. The minimum absolute atomic E-state index is 0.0219. The van der Waals surface area contributed by atoms with Crippen LogP contribution in [0.5, 0.6) is 0 Å². The number of hydrogen-bond acceptors (Lipinski definition) is 7. The molecule has 1 heterocycles. The van der Waals surface area contributed by atoms with Gasteiger partial charge in [0, 0.05) is 5.56 Å². The molecular formula is C15H15FN4O3. The van der Waals surface area contributed by atoms with Gasteiger partial charge in [0.05, 0.1) is 5.56 Å². The normalized spacial score (nSPS) is 10.9. The van der Waals surface area contributed by atoms with Crippen molar-refractivity contribution in [2.24, 2.45) is 0 Å². The van der Waals surface area contributed by atoms with Crippen LogP contribution in [0.4, 0.5) is 10.4 Å². The molecule has 0 amide bonds. The Hall–Kier alpha value is -2.95. The quantitative estimate of drug-likeness (QED) is 0.864. The molecule has 0 saturated heterocycles. The topological polar surface area (TPSA) is 101 Å². The van der Waals surface area contributed by atoms with Crippen molar-refractivity contribution in [2.75, 3.05) is 11.9 Å². The van der Waals surface area contributed by atoms with Crippen molar-refractivity contribution in [3.05, 3.63) is 29.6 Å². The average molecular weight is 318 g/mol. The molecule has 2 aromatic rings. The van der Waals surface area contributed by atoms with Gasteiger partial charge in [0.15, 0.2) is 0 Å². The van der Waals surface area contributed by atoms with Crippen LogP contribution in [-0.4, -0.2) is 28.3 Å². The summed E-state index contributed by atoms with van der Waals surface area (Å²) in [6, 6.07) is 5.62. The van der Waals surface area contributed by atoms with Gasteiger partial charge in [-0.25, -0.2) is 4.39 Å². The maximum Gasteiger partial charge on any atom is 0.325 e. The lowest BCUT2D eigenvalue weighted by molar-refractivity contribution is -0.152. The minimum atomic E-state index is -0.626. The minimum Gasteiger partial charge on any atom is -0.459 e. The van der Waals surface area contributed by atoms with Gasteiger partial charge in [0.2, 0.25) is 5.89 Å². The zero-order valence-electron chi connectivity index (χ0n) is 12.9. The summed E-state index contributed by atoms with van der Waals surface area (Å²) in [5.74, 6) is -0.988. The number of halogens is 1. The Morgan fingerprint density at radius 1 is 1.43 bits per heavy atom. The van der Waals surface area contributed by atoms with Crippen LogP contribution >= 0.6 is 0 Å². The summed E-state index contributed by atoms with van der Waals surface area (Å²) in [5.41, 5.74) is -0.301. The Balaban J connectivity index is 2.04. The predicted molar refractivity (Wildman–Crippen MR) is 78.7 cm³/mol. The van der Waals surface area contributed by atoms with E-state index in [4.69, 9.17) is 14.4 Å². The number of hydrogen-bond donors (Lipinski definition) is 1. The third kappa shape index (κ3) is 4.51. The lowest BCUT2D eigenvalue weighted by atomic mass is 10.1. The highest BCUT2D eigenvalue weighted by atomic mass is 19.1. The highest BCUT2D eigenvalue weighted by Crippen LogP contribution is 2.22. The van der Waals surface area contributed by atoms with E-state index in [2.05, 4.69) is 15.5 Å². The fourth-order valence-corrected chi connectivity index (χ4v) is 1.68. The smallest absolute Gasteiger partial charge is 0.325 e. The summed E-state index contributed by atoms with van der Waals surface area (Å²) in [6.07, 6.45) is 0. The Labute approximate surface area is 132 Å². The Bertz CT molecular complexity index is 759. The van der Waals surface area contributed by atoms with E-state index in [9.17, 15) is 9.18 Å². The number of rotatable bonds is 4. The Morgan fingerprint density at radius 3 is 2.83 bits per heavy atom. The first-order valence-corrected chi connectivity index (χ1v) is 6.78. The number of esters is 1. The molecule has 1 N–H and O–H groups in total. The van der Waals surface area contributed by atoms with Gasteiger partial charge in [-0.3, -0.25) is 4.79 Å². The van der Waals surface area contributed by atoms with E-state index in [0.717, 1.165) is 6.07 Å². The van der Waals surface area contributed by atoms with Crippen LogP contribution in [0.3, 0.4) is 0 Å². The number of anilines is 1. The van der Waals surface area contributed by atoms with Crippen LogP contribution in [0.2, 0.25) is 0 Å². The molecule has 0 fully saturated rings. The van der Waals surface area contributed by atoms with Crippen molar-refractivity contribution in [3.8, 4) is 17.5 Å². The Morgan fingerprint density at radius 2 is 2.17 bits per heavy atom. The van der Waals surface area contributed by atoms with Crippen LogP contribution in [0, 0.1) is 17.1 Å². The van der Waals surface area contributed by atoms with Gasteiger partial charge in [-0.15, -0.1) is 5.10 Å². The first-order chi connectivity index (χ1) is 10.8. The third-order valence-corrected chi connectivity index (χ3v) is 2.56. The molecule has 2 rings (SSSR count). The number of nitrogens with zero attached hydrogens (tertiary/aromatic N) is 3. The largest absolute Gasteiger partial charge is 0.459 e. The summed E-state index contributed by atoms with van der Waals surface area (Å²) in [6.45, 7) is 5.15. The fraction of sp³-hybridized carbons (Fsp3) is 0.333. The van der Waals surface area contributed by atoms with E-state index in [1.165, 1.54) is 12.1 Å². The number of carbonyl (C=O) groups excluding carboxylic acids is 1. The molecule has 1 aromatic heterocycles. The van der Waals surface area contributed by atoms with Gasteiger partial charge in [0.1, 0.15) is 24.0 Å². The molecule has 120 valence electrons. The molecule has 0 aliphatic carbocycles. The standard InChI is InChI=1S/C15H15FN4O3/c1-15(2,3)23-12(21)8-18-14-20-19-13(22-14)9-4-5-11(16)10(6-9)7-17/h4-6H,8H2,1-3H3,(H,18,20). The lowest BCUT2D eigenvalue weighted by Gasteiger charge is -2.19. The molecule has 23 heavy (non-hydrogen) atoms. The maximum atomic E-state index is 13.3. The molecule has 0 unspecified atom stereocenters. The van der Waals surface area contributed by atoms with E-state index in [1.807, 2.05) is 0 Å². The van der Waals surface area contributed by atoms with Gasteiger partial charge in [-0.05, 0) is 39.0 Å². The average Bonchev–Trinajstić information content (AvgIpc) is 2.93. The number of nitrogens with one attached hydrogen (secondary N) is 1. The Kier molecular flexibility index (Phi) is 4.60. The summed E-state index contributed by atoms with van der Waals surface area (Å²) in [5, 5.41) is 19.0. The van der Waals surface area contributed by atoms with Crippen molar-refractivity contribution < 1.29 is 18.3 Å². The van der Waals surface area contributed by atoms with Gasteiger partial charge in [0.25, 0.3) is 0 Å². The number of carbonyl (C=O) groups is 1. The van der Waals surface area contributed by atoms with Crippen molar-refractivity contribution in [1.29, 1.82) is 5.26 Å². The summed E-state index contributed by atoms with van der Waals surface area (Å²) in [7, 11) is 0. The molecule has 0 saturated carbocycles. The second kappa shape index (κ2) is 6.44. The van der Waals surface area contributed by atoms with Gasteiger partial charge in [-0.1, -0.05) is 5.10 Å². The van der Waals surface area contributed by atoms with E-state index in [-0.39, 0.29) is 24.0 Å². The lowest BCUT2D eigenvalue weighted by Crippen LogP contribution is -2.28. The molecule has 0 aliphatic heterocycles. The van der Waals surface area contributed by atoms with E-state index < -0.39 is 17.4 Å². The van der Waals surface area contributed by atoms with Crippen molar-refractivity contribution in [3.63, 3.8) is 0 Å². The molecule has 0 bridgehead atoms. The van der Waals surface area contributed by atoms with Gasteiger partial charge in [-0.2, -0.15) is 5.26 Å². The number of benzene rings is 1. The first kappa shape index (κ1) is 16.4. The second-order valence-electron chi connectivity index (χ2n) is 5.66. The van der Waals surface area contributed by atoms with Crippen LogP contribution in [0.15, 0.2) is 22.6 Å². The summed E-state index contributed by atoms with van der Waals surface area (Å²) >= 11 is 0. The summed E-state index contributed by atoms with van der Waals surface area (Å²) in [4.78, 5) is 11.6. The van der Waals surface area contributed by atoms with Gasteiger partial charge >= 0.3 is 12.0 Å². The molecule has 8 heteroatoms. The zero-order valence-corrected chi connectivity index (χ0v) is 12.9. The molecule has 7 nitrogen and oxygen atoms in total.